The average Bonchev–Trinajstić information content (AvgIpc) is 2.34. The molecule has 0 aromatic heterocycles. The van der Waals surface area contributed by atoms with Crippen LogP contribution in [-0.2, 0) is 4.79 Å². The molecule has 0 radical (unpaired) electrons. The molecule has 6 nitrogen and oxygen atoms in total. The van der Waals surface area contributed by atoms with Crippen LogP contribution in [0.1, 0.15) is 17.3 Å². The number of benzene rings is 1. The van der Waals surface area contributed by atoms with Crippen molar-refractivity contribution in [3.8, 4) is 5.75 Å². The normalized spacial score (nSPS) is 13.5. The first kappa shape index (κ1) is 15.3. The smallest absolute Gasteiger partial charge is 0.328 e. The minimum Gasteiger partial charge on any atom is -0.496 e. The number of rotatable bonds is 5. The van der Waals surface area contributed by atoms with Gasteiger partial charge >= 0.3 is 5.97 Å². The van der Waals surface area contributed by atoms with Crippen LogP contribution in [0.15, 0.2) is 18.2 Å². The van der Waals surface area contributed by atoms with Gasteiger partial charge in [0.2, 0.25) is 0 Å². The number of hydrogen-bond donors (Lipinski definition) is 3. The van der Waals surface area contributed by atoms with Crippen molar-refractivity contribution < 1.29 is 24.5 Å². The summed E-state index contributed by atoms with van der Waals surface area (Å²) < 4.78 is 4.99. The molecule has 1 aromatic carbocycles. The van der Waals surface area contributed by atoms with Gasteiger partial charge in [0, 0.05) is 5.02 Å². The zero-order valence-electron chi connectivity index (χ0n) is 10.4. The highest BCUT2D eigenvalue weighted by atomic mass is 35.5. The Morgan fingerprint density at radius 3 is 2.53 bits per heavy atom. The Bertz CT molecular complexity index is 489. The fourth-order valence-corrected chi connectivity index (χ4v) is 1.64. The molecule has 0 aliphatic heterocycles. The number of hydrogen-bond acceptors (Lipinski definition) is 4. The molecule has 3 N–H and O–H groups in total. The maximum atomic E-state index is 12.0. The lowest BCUT2D eigenvalue weighted by atomic mass is 10.1. The molecule has 1 rings (SSSR count). The van der Waals surface area contributed by atoms with Crippen LogP contribution >= 0.6 is 11.6 Å². The van der Waals surface area contributed by atoms with Crippen LogP contribution in [0.3, 0.4) is 0 Å². The van der Waals surface area contributed by atoms with E-state index in [1.54, 1.807) is 6.07 Å². The zero-order valence-corrected chi connectivity index (χ0v) is 11.1. The monoisotopic (exact) mass is 287 g/mol. The van der Waals surface area contributed by atoms with E-state index in [1.807, 2.05) is 0 Å². The fourth-order valence-electron chi connectivity index (χ4n) is 1.47. The molecule has 0 bridgehead atoms. The predicted molar refractivity (Wildman–Crippen MR) is 68.6 cm³/mol. The molecule has 0 aliphatic carbocycles. The van der Waals surface area contributed by atoms with Gasteiger partial charge in [0.05, 0.1) is 18.8 Å². The van der Waals surface area contributed by atoms with E-state index in [0.29, 0.717) is 5.02 Å². The molecule has 2 atom stereocenters. The Hall–Kier alpha value is -1.79. The number of amides is 1. The molecule has 1 amide bonds. The van der Waals surface area contributed by atoms with Crippen molar-refractivity contribution in [1.82, 2.24) is 5.32 Å². The molecule has 19 heavy (non-hydrogen) atoms. The highest BCUT2D eigenvalue weighted by Crippen LogP contribution is 2.22. The van der Waals surface area contributed by atoms with E-state index in [4.69, 9.17) is 21.4 Å². The number of halogens is 1. The van der Waals surface area contributed by atoms with Gasteiger partial charge in [-0.1, -0.05) is 11.6 Å². The number of carbonyl (C=O) groups excluding carboxylic acids is 1. The number of carboxylic acid groups (broad SMARTS) is 1. The molecule has 1 aromatic rings. The van der Waals surface area contributed by atoms with Crippen LogP contribution in [0.5, 0.6) is 5.75 Å². The van der Waals surface area contributed by atoms with Crippen molar-refractivity contribution >= 4 is 23.5 Å². The molecule has 0 fully saturated rings. The molecule has 104 valence electrons. The lowest BCUT2D eigenvalue weighted by molar-refractivity contribution is -0.141. The van der Waals surface area contributed by atoms with E-state index in [0.717, 1.165) is 0 Å². The van der Waals surface area contributed by atoms with Crippen molar-refractivity contribution in [2.24, 2.45) is 0 Å². The second-order valence-electron chi connectivity index (χ2n) is 3.87. The Kier molecular flexibility index (Phi) is 5.14. The molecule has 7 heteroatoms. The van der Waals surface area contributed by atoms with Gasteiger partial charge in [-0.3, -0.25) is 4.79 Å². The van der Waals surface area contributed by atoms with Gasteiger partial charge in [-0.15, -0.1) is 0 Å². The van der Waals surface area contributed by atoms with Crippen molar-refractivity contribution in [3.63, 3.8) is 0 Å². The van der Waals surface area contributed by atoms with Crippen LogP contribution in [0.25, 0.3) is 0 Å². The summed E-state index contributed by atoms with van der Waals surface area (Å²) in [5, 5.41) is 20.7. The summed E-state index contributed by atoms with van der Waals surface area (Å²) in [5.41, 5.74) is 0.0990. The van der Waals surface area contributed by atoms with E-state index in [-0.39, 0.29) is 11.3 Å². The summed E-state index contributed by atoms with van der Waals surface area (Å²) in [6.45, 7) is 1.27. The maximum Gasteiger partial charge on any atom is 0.328 e. The van der Waals surface area contributed by atoms with Crippen molar-refractivity contribution in [1.29, 1.82) is 0 Å². The Morgan fingerprint density at radius 1 is 1.42 bits per heavy atom. The second-order valence-corrected chi connectivity index (χ2v) is 4.31. The van der Waals surface area contributed by atoms with E-state index >= 15 is 0 Å². The van der Waals surface area contributed by atoms with Crippen LogP contribution in [0, 0.1) is 0 Å². The summed E-state index contributed by atoms with van der Waals surface area (Å²) in [4.78, 5) is 22.9. The van der Waals surface area contributed by atoms with Crippen LogP contribution < -0.4 is 10.1 Å². The average molecular weight is 288 g/mol. The Labute approximate surface area is 114 Å². The third-order valence-corrected chi connectivity index (χ3v) is 2.68. The third kappa shape index (κ3) is 3.84. The van der Waals surface area contributed by atoms with Crippen molar-refractivity contribution in [2.45, 2.75) is 19.1 Å². The molecule has 0 saturated heterocycles. The highest BCUT2D eigenvalue weighted by molar-refractivity contribution is 6.31. The fraction of sp³-hybridized carbons (Fsp3) is 0.333. The van der Waals surface area contributed by atoms with Crippen LogP contribution in [-0.4, -0.2) is 41.3 Å². The van der Waals surface area contributed by atoms with Crippen LogP contribution in [0.2, 0.25) is 5.02 Å². The molecule has 0 aliphatic rings. The number of aliphatic hydroxyl groups is 1. The number of carboxylic acids is 1. The summed E-state index contributed by atoms with van der Waals surface area (Å²) in [6.07, 6.45) is -1.23. The van der Waals surface area contributed by atoms with Gasteiger partial charge < -0.3 is 20.3 Å². The van der Waals surface area contributed by atoms with Crippen molar-refractivity contribution in [2.75, 3.05) is 7.11 Å². The lowest BCUT2D eigenvalue weighted by Gasteiger charge is -2.18. The standard InChI is InChI=1S/C12H14ClNO5/c1-6(15)10(12(17)18)14-11(16)8-5-7(13)3-4-9(8)19-2/h3-6,10,15H,1-2H3,(H,14,16)(H,17,18). The number of nitrogens with one attached hydrogen (secondary N) is 1. The van der Waals surface area contributed by atoms with E-state index in [9.17, 15) is 14.7 Å². The van der Waals surface area contributed by atoms with E-state index in [1.165, 1.54) is 26.2 Å². The van der Waals surface area contributed by atoms with Gasteiger partial charge in [0.15, 0.2) is 6.04 Å². The highest BCUT2D eigenvalue weighted by Gasteiger charge is 2.26. The summed E-state index contributed by atoms with van der Waals surface area (Å²) in [5.74, 6) is -1.76. The van der Waals surface area contributed by atoms with Gasteiger partial charge in [-0.2, -0.15) is 0 Å². The summed E-state index contributed by atoms with van der Waals surface area (Å²) in [7, 11) is 1.38. The molecule has 0 saturated carbocycles. The first-order chi connectivity index (χ1) is 8.86. The minimum atomic E-state index is -1.41. The van der Waals surface area contributed by atoms with E-state index in [2.05, 4.69) is 5.32 Å². The zero-order chi connectivity index (χ0) is 14.6. The number of aliphatic hydroxyl groups excluding tert-OH is 1. The quantitative estimate of drug-likeness (QED) is 0.748. The maximum absolute atomic E-state index is 12.0. The Morgan fingerprint density at radius 2 is 2.05 bits per heavy atom. The number of methoxy groups -OCH3 is 1. The molecule has 0 spiro atoms. The summed E-state index contributed by atoms with van der Waals surface area (Å²) in [6, 6.07) is 2.99. The summed E-state index contributed by atoms with van der Waals surface area (Å²) >= 11 is 5.78. The number of aliphatic carboxylic acids is 1. The first-order valence-corrected chi connectivity index (χ1v) is 5.80. The largest absolute Gasteiger partial charge is 0.496 e. The lowest BCUT2D eigenvalue weighted by Crippen LogP contribution is -2.47. The Balaban J connectivity index is 3.00. The predicted octanol–water partition coefficient (Wildman–Crippen LogP) is 0.912. The molecule has 2 unspecified atom stereocenters. The topological polar surface area (TPSA) is 95.9 Å². The first-order valence-electron chi connectivity index (χ1n) is 5.42. The van der Waals surface area contributed by atoms with Gasteiger partial charge in [-0.05, 0) is 25.1 Å². The van der Waals surface area contributed by atoms with Crippen LogP contribution in [0.4, 0.5) is 0 Å². The third-order valence-electron chi connectivity index (χ3n) is 2.44. The molecule has 0 heterocycles. The van der Waals surface area contributed by atoms with Gasteiger partial charge in [0.1, 0.15) is 5.75 Å². The number of ether oxygens (including phenoxy) is 1. The second kappa shape index (κ2) is 6.40. The molecular formula is C12H14ClNO5. The van der Waals surface area contributed by atoms with E-state index < -0.39 is 24.0 Å². The molecular weight excluding hydrogens is 274 g/mol. The van der Waals surface area contributed by atoms with Gasteiger partial charge in [-0.25, -0.2) is 4.79 Å². The number of carbonyl (C=O) groups is 2. The SMILES string of the molecule is COc1ccc(Cl)cc1C(=O)NC(C(=O)O)C(C)O. The van der Waals surface area contributed by atoms with Crippen molar-refractivity contribution in [3.05, 3.63) is 28.8 Å². The minimum absolute atomic E-state index is 0.0990. The van der Waals surface area contributed by atoms with Gasteiger partial charge in [0.25, 0.3) is 5.91 Å².